The van der Waals surface area contributed by atoms with E-state index in [1.54, 1.807) is 0 Å². The number of amides is 1. The Bertz CT molecular complexity index is 371. The van der Waals surface area contributed by atoms with Crippen molar-refractivity contribution in [3.63, 3.8) is 0 Å². The molecule has 1 unspecified atom stereocenters. The molecule has 0 aromatic carbocycles. The average Bonchev–Trinajstić information content (AvgIpc) is 2.30. The Morgan fingerprint density at radius 2 is 2.24 bits per heavy atom. The van der Waals surface area contributed by atoms with Crippen LogP contribution in [0.1, 0.15) is 39.5 Å². The fourth-order valence-corrected chi connectivity index (χ4v) is 1.75. The highest BCUT2D eigenvalue weighted by molar-refractivity contribution is 6.29. The third kappa shape index (κ3) is 4.69. The predicted octanol–water partition coefficient (Wildman–Crippen LogP) is 3.28. The van der Waals surface area contributed by atoms with E-state index in [9.17, 15) is 4.79 Å². The summed E-state index contributed by atoms with van der Waals surface area (Å²) < 4.78 is 0. The SMILES string of the molecule is CCCCC(CC)C(=O)Nc1cncc(Cl)n1. The van der Waals surface area contributed by atoms with Gasteiger partial charge in [0.15, 0.2) is 5.82 Å². The van der Waals surface area contributed by atoms with Gasteiger partial charge in [-0.15, -0.1) is 0 Å². The van der Waals surface area contributed by atoms with Gasteiger partial charge in [-0.1, -0.05) is 38.3 Å². The maximum Gasteiger partial charge on any atom is 0.228 e. The number of aromatic nitrogens is 2. The van der Waals surface area contributed by atoms with Gasteiger partial charge in [0, 0.05) is 5.92 Å². The molecule has 0 saturated heterocycles. The largest absolute Gasteiger partial charge is 0.309 e. The topological polar surface area (TPSA) is 54.9 Å². The number of unbranched alkanes of at least 4 members (excludes halogenated alkanes) is 1. The minimum absolute atomic E-state index is 0.00230. The lowest BCUT2D eigenvalue weighted by molar-refractivity contribution is -0.120. The van der Waals surface area contributed by atoms with Gasteiger partial charge in [-0.2, -0.15) is 0 Å². The summed E-state index contributed by atoms with van der Waals surface area (Å²) in [5.74, 6) is 0.450. The minimum atomic E-state index is -0.00230. The molecular weight excluding hydrogens is 238 g/mol. The fraction of sp³-hybridized carbons (Fsp3) is 0.583. The third-order valence-corrected chi connectivity index (χ3v) is 2.81. The molecule has 5 heteroatoms. The second-order valence-corrected chi connectivity index (χ2v) is 4.35. The summed E-state index contributed by atoms with van der Waals surface area (Å²) in [4.78, 5) is 19.8. The molecule has 0 radical (unpaired) electrons. The molecule has 1 heterocycles. The third-order valence-electron chi connectivity index (χ3n) is 2.63. The minimum Gasteiger partial charge on any atom is -0.309 e. The number of hydrogen-bond donors (Lipinski definition) is 1. The van der Waals surface area contributed by atoms with Gasteiger partial charge < -0.3 is 5.32 Å². The Labute approximate surface area is 107 Å². The highest BCUT2D eigenvalue weighted by Gasteiger charge is 2.16. The Hall–Kier alpha value is -1.16. The summed E-state index contributed by atoms with van der Waals surface area (Å²) in [6, 6.07) is 0. The number of rotatable bonds is 6. The quantitative estimate of drug-likeness (QED) is 0.849. The Kier molecular flexibility index (Phi) is 5.91. The van der Waals surface area contributed by atoms with E-state index in [2.05, 4.69) is 22.2 Å². The lowest BCUT2D eigenvalue weighted by Crippen LogP contribution is -2.22. The number of carbonyl (C=O) groups excluding carboxylic acids is 1. The normalized spacial score (nSPS) is 12.2. The fourth-order valence-electron chi connectivity index (χ4n) is 1.60. The maximum atomic E-state index is 11.9. The zero-order valence-electron chi connectivity index (χ0n) is 10.2. The van der Waals surface area contributed by atoms with Crippen LogP contribution in [0.4, 0.5) is 5.82 Å². The molecule has 0 aliphatic rings. The first kappa shape index (κ1) is 13.9. The second-order valence-electron chi connectivity index (χ2n) is 3.96. The molecule has 0 fully saturated rings. The Morgan fingerprint density at radius 1 is 1.47 bits per heavy atom. The molecule has 1 aromatic heterocycles. The lowest BCUT2D eigenvalue weighted by Gasteiger charge is -2.13. The van der Waals surface area contributed by atoms with Crippen molar-refractivity contribution in [2.45, 2.75) is 39.5 Å². The van der Waals surface area contributed by atoms with Crippen molar-refractivity contribution >= 4 is 23.3 Å². The number of anilines is 1. The molecule has 1 aromatic rings. The van der Waals surface area contributed by atoms with Crippen LogP contribution in [0.5, 0.6) is 0 Å². The molecule has 0 bridgehead atoms. The summed E-state index contributed by atoms with van der Waals surface area (Å²) in [6.45, 7) is 4.14. The molecule has 1 atom stereocenters. The van der Waals surface area contributed by atoms with E-state index in [1.807, 2.05) is 6.92 Å². The standard InChI is InChI=1S/C12H18ClN3O/c1-3-5-6-9(4-2)12(17)16-11-8-14-7-10(13)15-11/h7-9H,3-6H2,1-2H3,(H,15,16,17). The summed E-state index contributed by atoms with van der Waals surface area (Å²) in [5, 5.41) is 3.03. The summed E-state index contributed by atoms with van der Waals surface area (Å²) >= 11 is 5.70. The van der Waals surface area contributed by atoms with E-state index in [-0.39, 0.29) is 17.0 Å². The molecule has 1 rings (SSSR count). The van der Waals surface area contributed by atoms with Crippen LogP contribution in [0.2, 0.25) is 5.15 Å². The van der Waals surface area contributed by atoms with E-state index in [1.165, 1.54) is 12.4 Å². The first-order valence-electron chi connectivity index (χ1n) is 5.95. The second kappa shape index (κ2) is 7.22. The molecule has 1 N–H and O–H groups in total. The smallest absolute Gasteiger partial charge is 0.228 e. The van der Waals surface area contributed by atoms with Gasteiger partial charge in [0.1, 0.15) is 5.15 Å². The summed E-state index contributed by atoms with van der Waals surface area (Å²) in [7, 11) is 0. The Morgan fingerprint density at radius 3 is 2.82 bits per heavy atom. The first-order chi connectivity index (χ1) is 8.17. The highest BCUT2D eigenvalue weighted by Crippen LogP contribution is 2.15. The van der Waals surface area contributed by atoms with Crippen molar-refractivity contribution in [3.05, 3.63) is 17.5 Å². The van der Waals surface area contributed by atoms with Gasteiger partial charge in [-0.05, 0) is 12.8 Å². The molecule has 0 aliphatic carbocycles. The van der Waals surface area contributed by atoms with Crippen LogP contribution in [-0.4, -0.2) is 15.9 Å². The van der Waals surface area contributed by atoms with Gasteiger partial charge in [0.2, 0.25) is 5.91 Å². The summed E-state index contributed by atoms with van der Waals surface area (Å²) in [6.07, 6.45) is 6.84. The van der Waals surface area contributed by atoms with E-state index in [0.29, 0.717) is 5.82 Å². The number of hydrogen-bond acceptors (Lipinski definition) is 3. The molecule has 1 amide bonds. The lowest BCUT2D eigenvalue weighted by atomic mass is 9.98. The van der Waals surface area contributed by atoms with Crippen LogP contribution >= 0.6 is 11.6 Å². The molecule has 0 aliphatic heterocycles. The molecule has 0 saturated carbocycles. The molecule has 94 valence electrons. The van der Waals surface area contributed by atoms with E-state index >= 15 is 0 Å². The first-order valence-corrected chi connectivity index (χ1v) is 6.33. The number of nitrogens with one attached hydrogen (secondary N) is 1. The van der Waals surface area contributed by atoms with Gasteiger partial charge in [-0.25, -0.2) is 4.98 Å². The van der Waals surface area contributed by atoms with Crippen LogP contribution in [0.3, 0.4) is 0 Å². The van der Waals surface area contributed by atoms with E-state index in [4.69, 9.17) is 11.6 Å². The van der Waals surface area contributed by atoms with Gasteiger partial charge in [0.25, 0.3) is 0 Å². The van der Waals surface area contributed by atoms with Crippen molar-refractivity contribution in [2.24, 2.45) is 5.92 Å². The van der Waals surface area contributed by atoms with Crippen molar-refractivity contribution in [1.82, 2.24) is 9.97 Å². The molecule has 4 nitrogen and oxygen atoms in total. The van der Waals surface area contributed by atoms with E-state index < -0.39 is 0 Å². The molecule has 0 spiro atoms. The van der Waals surface area contributed by atoms with Gasteiger partial charge in [-0.3, -0.25) is 9.78 Å². The Balaban J connectivity index is 2.57. The summed E-state index contributed by atoms with van der Waals surface area (Å²) in [5.41, 5.74) is 0. The highest BCUT2D eigenvalue weighted by atomic mass is 35.5. The predicted molar refractivity (Wildman–Crippen MR) is 69.0 cm³/mol. The van der Waals surface area contributed by atoms with Gasteiger partial charge >= 0.3 is 0 Å². The van der Waals surface area contributed by atoms with Crippen molar-refractivity contribution < 1.29 is 4.79 Å². The number of carbonyl (C=O) groups is 1. The van der Waals surface area contributed by atoms with Crippen molar-refractivity contribution in [2.75, 3.05) is 5.32 Å². The molecule has 17 heavy (non-hydrogen) atoms. The van der Waals surface area contributed by atoms with Crippen LogP contribution in [0, 0.1) is 5.92 Å². The van der Waals surface area contributed by atoms with Crippen LogP contribution in [0.15, 0.2) is 12.4 Å². The van der Waals surface area contributed by atoms with Crippen molar-refractivity contribution in [1.29, 1.82) is 0 Å². The zero-order valence-corrected chi connectivity index (χ0v) is 11.0. The van der Waals surface area contributed by atoms with Crippen LogP contribution < -0.4 is 5.32 Å². The monoisotopic (exact) mass is 255 g/mol. The number of nitrogens with zero attached hydrogens (tertiary/aromatic N) is 2. The van der Waals surface area contributed by atoms with Crippen LogP contribution in [0.25, 0.3) is 0 Å². The molecular formula is C12H18ClN3O. The van der Waals surface area contributed by atoms with E-state index in [0.717, 1.165) is 25.7 Å². The zero-order chi connectivity index (χ0) is 12.7. The van der Waals surface area contributed by atoms with Gasteiger partial charge in [0.05, 0.1) is 12.4 Å². The maximum absolute atomic E-state index is 11.9. The number of halogens is 1. The average molecular weight is 256 g/mol. The van der Waals surface area contributed by atoms with Crippen molar-refractivity contribution in [3.8, 4) is 0 Å². The van der Waals surface area contributed by atoms with Crippen LogP contribution in [-0.2, 0) is 4.79 Å².